The molecule has 0 aliphatic heterocycles. The van der Waals surface area contributed by atoms with E-state index in [9.17, 15) is 0 Å². The number of hydrogen-bond acceptors (Lipinski definition) is 0. The molecule has 0 saturated heterocycles. The van der Waals surface area contributed by atoms with Crippen molar-refractivity contribution in [2.24, 2.45) is 0 Å². The highest BCUT2D eigenvalue weighted by Crippen LogP contribution is 2.67. The first kappa shape index (κ1) is 32.1. The molecule has 0 rings (SSSR count). The molecule has 0 unspecified atom stereocenters. The Kier molecular flexibility index (Phi) is 14.9. The van der Waals surface area contributed by atoms with E-state index in [4.69, 9.17) is 0 Å². The van der Waals surface area contributed by atoms with Gasteiger partial charge in [0, 0.05) is 0 Å². The Morgan fingerprint density at radius 1 is 0.324 bits per heavy atom. The molecule has 0 atom stereocenters. The Bertz CT molecular complexity index is 582. The molecule has 0 aromatic rings. The quantitative estimate of drug-likeness (QED) is 0.0954. The number of rotatable bonds is 23. The van der Waals surface area contributed by atoms with E-state index in [0.29, 0.717) is 0 Å². The SMILES string of the molecule is C=CCC([Si](CC=C)(CC=C)CC=C)([Si](CC=C)(CC=C)CC=C)[Si](CC=C)(CC=C)CC=C. The van der Waals surface area contributed by atoms with E-state index >= 15 is 0 Å². The van der Waals surface area contributed by atoms with Gasteiger partial charge in [0.05, 0.1) is 24.2 Å². The zero-order chi connectivity index (χ0) is 26.1. The van der Waals surface area contributed by atoms with E-state index in [-0.39, 0.29) is 4.28 Å². The van der Waals surface area contributed by atoms with Crippen molar-refractivity contribution in [2.75, 3.05) is 0 Å². The normalized spacial score (nSPS) is 12.1. The minimum absolute atomic E-state index is 0.110. The van der Waals surface area contributed by atoms with E-state index in [1.807, 2.05) is 0 Å². The summed E-state index contributed by atoms with van der Waals surface area (Å²) in [5, 5.41) is 0. The van der Waals surface area contributed by atoms with Gasteiger partial charge in [-0.1, -0.05) is 60.8 Å². The molecule has 0 nitrogen and oxygen atoms in total. The minimum Gasteiger partial charge on any atom is -0.103 e. The summed E-state index contributed by atoms with van der Waals surface area (Å²) in [5.41, 5.74) is 0. The fourth-order valence-electron chi connectivity index (χ4n) is 7.36. The smallest absolute Gasteiger partial charge is 0.0661 e. The van der Waals surface area contributed by atoms with Gasteiger partial charge in [0.1, 0.15) is 0 Å². The van der Waals surface area contributed by atoms with Crippen molar-refractivity contribution in [3.05, 3.63) is 127 Å². The van der Waals surface area contributed by atoms with Gasteiger partial charge >= 0.3 is 0 Å². The Hall–Kier alpha value is -1.95. The average molecular weight is 507 g/mol. The Morgan fingerprint density at radius 2 is 0.500 bits per heavy atom. The molecule has 34 heavy (non-hydrogen) atoms. The largest absolute Gasteiger partial charge is 0.103 e. The Morgan fingerprint density at radius 3 is 0.618 bits per heavy atom. The lowest BCUT2D eigenvalue weighted by Gasteiger charge is -2.67. The molecular weight excluding hydrogens is 457 g/mol. The van der Waals surface area contributed by atoms with Gasteiger partial charge in [-0.25, -0.2) is 0 Å². The second-order valence-corrected chi connectivity index (χ2v) is 25.1. The third kappa shape index (κ3) is 5.99. The molecule has 3 heteroatoms. The molecule has 0 spiro atoms. The molecule has 0 fully saturated rings. The van der Waals surface area contributed by atoms with Gasteiger partial charge in [0.2, 0.25) is 0 Å². The van der Waals surface area contributed by atoms with Crippen molar-refractivity contribution < 1.29 is 0 Å². The molecule has 0 heterocycles. The van der Waals surface area contributed by atoms with Gasteiger partial charge < -0.3 is 0 Å². The molecule has 0 aliphatic carbocycles. The van der Waals surface area contributed by atoms with Gasteiger partial charge in [-0.15, -0.1) is 65.8 Å². The second-order valence-electron chi connectivity index (χ2n) is 9.67. The molecule has 0 aliphatic rings. The van der Waals surface area contributed by atoms with Crippen LogP contribution in [0.5, 0.6) is 0 Å². The fourth-order valence-corrected chi connectivity index (χ4v) is 37.7. The lowest BCUT2D eigenvalue weighted by Crippen LogP contribution is -2.73. The van der Waals surface area contributed by atoms with Crippen LogP contribution in [0.1, 0.15) is 6.42 Å². The third-order valence-electron chi connectivity index (χ3n) is 7.98. The highest BCUT2D eigenvalue weighted by atomic mass is 28.5. The maximum Gasteiger partial charge on any atom is 0.0661 e. The van der Waals surface area contributed by atoms with Gasteiger partial charge in [0.25, 0.3) is 0 Å². The third-order valence-corrected chi connectivity index (χ3v) is 33.2. The van der Waals surface area contributed by atoms with Crippen LogP contribution in [0, 0.1) is 0 Å². The minimum atomic E-state index is -2.18. The van der Waals surface area contributed by atoms with Crippen LogP contribution < -0.4 is 0 Å². The monoisotopic (exact) mass is 506 g/mol. The van der Waals surface area contributed by atoms with Crippen LogP contribution in [-0.4, -0.2) is 24.2 Å². The standard InChI is InChI=1S/C31H50Si3/c1-11-21-31(32(22-12-2,23-13-3)24-14-4,33(25-15-5,26-16-6)27-17-7)34(28-18-8,29-19-9)30-20-10/h11-20H,1-10,21-30H2. The molecule has 0 bridgehead atoms. The summed E-state index contributed by atoms with van der Waals surface area (Å²) in [4.78, 5) is 0. The average Bonchev–Trinajstić information content (AvgIpc) is 2.78. The van der Waals surface area contributed by atoms with Crippen molar-refractivity contribution in [2.45, 2.75) is 65.1 Å². The number of allylic oxidation sites excluding steroid dienone is 10. The van der Waals surface area contributed by atoms with Gasteiger partial charge in [-0.05, 0) is 65.1 Å². The van der Waals surface area contributed by atoms with E-state index < -0.39 is 24.2 Å². The van der Waals surface area contributed by atoms with Crippen molar-refractivity contribution in [1.82, 2.24) is 0 Å². The van der Waals surface area contributed by atoms with Crippen LogP contribution in [0.3, 0.4) is 0 Å². The molecule has 0 N–H and O–H groups in total. The van der Waals surface area contributed by atoms with E-state index in [1.54, 1.807) is 0 Å². The van der Waals surface area contributed by atoms with Gasteiger partial charge in [0.15, 0.2) is 0 Å². The van der Waals surface area contributed by atoms with E-state index in [1.165, 1.54) is 0 Å². The predicted octanol–water partition coefficient (Wildman–Crippen LogP) is 10.4. The fraction of sp³-hybridized carbons (Fsp3) is 0.355. The maximum atomic E-state index is 4.36. The van der Waals surface area contributed by atoms with Crippen LogP contribution in [0.4, 0.5) is 0 Å². The van der Waals surface area contributed by atoms with Crippen LogP contribution >= 0.6 is 0 Å². The zero-order valence-corrected chi connectivity index (χ0v) is 24.9. The van der Waals surface area contributed by atoms with Crippen LogP contribution in [-0.2, 0) is 0 Å². The highest BCUT2D eigenvalue weighted by molar-refractivity contribution is 7.18. The van der Waals surface area contributed by atoms with Crippen molar-refractivity contribution >= 4 is 24.2 Å². The van der Waals surface area contributed by atoms with Gasteiger partial charge in [-0.3, -0.25) is 0 Å². The van der Waals surface area contributed by atoms with E-state index in [0.717, 1.165) is 60.8 Å². The first-order valence-corrected chi connectivity index (χ1v) is 20.3. The molecule has 0 amide bonds. The van der Waals surface area contributed by atoms with Crippen LogP contribution in [0.15, 0.2) is 127 Å². The maximum absolute atomic E-state index is 4.36. The summed E-state index contributed by atoms with van der Waals surface area (Å²) in [6.07, 6.45) is 22.7. The Balaban J connectivity index is 8.45. The first-order chi connectivity index (χ1) is 16.4. The number of hydrogen-bond donors (Lipinski definition) is 0. The second kappa shape index (κ2) is 15.9. The topological polar surface area (TPSA) is 0 Å². The summed E-state index contributed by atoms with van der Waals surface area (Å²) < 4.78 is 0.110. The van der Waals surface area contributed by atoms with Crippen LogP contribution in [0.25, 0.3) is 0 Å². The molecule has 0 radical (unpaired) electrons. The Labute approximate surface area is 215 Å². The van der Waals surface area contributed by atoms with Crippen LogP contribution in [0.2, 0.25) is 58.7 Å². The van der Waals surface area contributed by atoms with Crippen molar-refractivity contribution in [1.29, 1.82) is 0 Å². The summed E-state index contributed by atoms with van der Waals surface area (Å²) in [5.74, 6) is 0. The molecule has 186 valence electrons. The summed E-state index contributed by atoms with van der Waals surface area (Å²) in [6, 6.07) is 9.24. The predicted molar refractivity (Wildman–Crippen MR) is 170 cm³/mol. The lowest BCUT2D eigenvalue weighted by molar-refractivity contribution is 0.844. The van der Waals surface area contributed by atoms with Crippen molar-refractivity contribution in [3.63, 3.8) is 0 Å². The molecule has 0 aromatic carbocycles. The summed E-state index contributed by atoms with van der Waals surface area (Å²) in [6.45, 7) is 42.8. The summed E-state index contributed by atoms with van der Waals surface area (Å²) >= 11 is 0. The van der Waals surface area contributed by atoms with E-state index in [2.05, 4.69) is 127 Å². The zero-order valence-electron chi connectivity index (χ0n) is 21.9. The van der Waals surface area contributed by atoms with Gasteiger partial charge in [-0.2, -0.15) is 0 Å². The molecule has 0 saturated carbocycles. The molecular formula is C31H50Si3. The van der Waals surface area contributed by atoms with Crippen molar-refractivity contribution in [3.8, 4) is 0 Å². The molecule has 0 aromatic heterocycles. The summed E-state index contributed by atoms with van der Waals surface area (Å²) in [7, 11) is -6.54. The highest BCUT2D eigenvalue weighted by Gasteiger charge is 2.69. The first-order valence-electron chi connectivity index (χ1n) is 12.5. The lowest BCUT2D eigenvalue weighted by atomic mass is 10.5.